The van der Waals surface area contributed by atoms with E-state index in [9.17, 15) is 14.7 Å². The molecule has 1 aliphatic rings. The zero-order valence-electron chi connectivity index (χ0n) is 15.7. The lowest BCUT2D eigenvalue weighted by molar-refractivity contribution is 0.0931. The number of aromatic nitrogens is 2. The quantitative estimate of drug-likeness (QED) is 0.671. The van der Waals surface area contributed by atoms with Crippen LogP contribution < -0.4 is 10.6 Å². The fourth-order valence-corrected chi connectivity index (χ4v) is 3.07. The third-order valence-corrected chi connectivity index (χ3v) is 4.70. The molecule has 0 fully saturated rings. The van der Waals surface area contributed by atoms with Gasteiger partial charge in [-0.1, -0.05) is 38.1 Å². The lowest BCUT2D eigenvalue weighted by Gasteiger charge is -2.08. The van der Waals surface area contributed by atoms with E-state index in [-0.39, 0.29) is 30.6 Å². The second kappa shape index (κ2) is 8.35. The van der Waals surface area contributed by atoms with Crippen LogP contribution in [0.15, 0.2) is 30.3 Å². The van der Waals surface area contributed by atoms with E-state index in [4.69, 9.17) is 0 Å². The molecule has 2 heterocycles. The summed E-state index contributed by atoms with van der Waals surface area (Å²) in [5.41, 5.74) is 3.05. The average Bonchev–Trinajstić information content (AvgIpc) is 3.02. The molecule has 0 saturated carbocycles. The first-order chi connectivity index (χ1) is 12.9. The Kier molecular flexibility index (Phi) is 5.91. The smallest absolute Gasteiger partial charge is 0.271 e. The van der Waals surface area contributed by atoms with Crippen LogP contribution >= 0.6 is 0 Å². The summed E-state index contributed by atoms with van der Waals surface area (Å²) in [7, 11) is 0. The predicted molar refractivity (Wildman–Crippen MR) is 102 cm³/mol. The van der Waals surface area contributed by atoms with Gasteiger partial charge in [0.05, 0.1) is 12.6 Å². The molecule has 0 aliphatic carbocycles. The summed E-state index contributed by atoms with van der Waals surface area (Å²) in [6, 6.07) is 10.0. The van der Waals surface area contributed by atoms with E-state index in [1.54, 1.807) is 0 Å². The van der Waals surface area contributed by atoms with Gasteiger partial charge in [0.2, 0.25) is 0 Å². The molecule has 1 aromatic carbocycles. The molecule has 1 aliphatic heterocycles. The van der Waals surface area contributed by atoms with Gasteiger partial charge in [-0.05, 0) is 29.9 Å². The number of fused-ring (bicyclic) bond motifs is 1. The summed E-state index contributed by atoms with van der Waals surface area (Å²) >= 11 is 0. The number of amides is 2. The van der Waals surface area contributed by atoms with Crippen molar-refractivity contribution in [3.63, 3.8) is 0 Å². The van der Waals surface area contributed by atoms with Crippen LogP contribution in [0.1, 0.15) is 58.3 Å². The van der Waals surface area contributed by atoms with Gasteiger partial charge in [-0.25, -0.2) is 0 Å². The van der Waals surface area contributed by atoms with Crippen molar-refractivity contribution in [2.24, 2.45) is 0 Å². The predicted octanol–water partition coefficient (Wildman–Crippen LogP) is 1.47. The topological polar surface area (TPSA) is 96.2 Å². The summed E-state index contributed by atoms with van der Waals surface area (Å²) in [6.07, 6.45) is 0.986. The molecular formula is C20H26N4O3. The van der Waals surface area contributed by atoms with E-state index in [0.29, 0.717) is 18.2 Å². The number of rotatable bonds is 6. The zero-order valence-corrected chi connectivity index (χ0v) is 15.7. The van der Waals surface area contributed by atoms with Crippen molar-refractivity contribution >= 4 is 11.8 Å². The van der Waals surface area contributed by atoms with E-state index >= 15 is 0 Å². The molecule has 0 spiro atoms. The number of hydrogen-bond donors (Lipinski definition) is 3. The van der Waals surface area contributed by atoms with Crippen molar-refractivity contribution in [1.82, 2.24) is 20.4 Å². The zero-order chi connectivity index (χ0) is 19.4. The second-order valence-corrected chi connectivity index (χ2v) is 7.22. The monoisotopic (exact) mass is 370 g/mol. The van der Waals surface area contributed by atoms with Crippen molar-refractivity contribution in [2.75, 3.05) is 13.1 Å². The Labute approximate surface area is 158 Å². The summed E-state index contributed by atoms with van der Waals surface area (Å²) < 4.78 is 1.39. The van der Waals surface area contributed by atoms with Gasteiger partial charge in [0.15, 0.2) is 5.69 Å². The van der Waals surface area contributed by atoms with Crippen LogP contribution in [0.25, 0.3) is 0 Å². The highest BCUT2D eigenvalue weighted by Crippen LogP contribution is 2.15. The van der Waals surface area contributed by atoms with Gasteiger partial charge in [-0.2, -0.15) is 5.10 Å². The number of benzene rings is 1. The Morgan fingerprint density at radius 2 is 2.11 bits per heavy atom. The van der Waals surface area contributed by atoms with Crippen molar-refractivity contribution in [1.29, 1.82) is 0 Å². The fourth-order valence-electron chi connectivity index (χ4n) is 3.07. The number of carbonyl (C=O) groups excluding carboxylic acids is 2. The van der Waals surface area contributed by atoms with E-state index in [1.165, 1.54) is 21.9 Å². The SMILES string of the molecule is CC(C)c1ccc(CCCNC(=O)c2cc3n(n2)C[C@H](O)CNC3=O)cc1. The molecule has 7 nitrogen and oxygen atoms in total. The Hall–Kier alpha value is -2.67. The molecule has 0 bridgehead atoms. The van der Waals surface area contributed by atoms with Crippen molar-refractivity contribution in [3.05, 3.63) is 52.8 Å². The lowest BCUT2D eigenvalue weighted by Crippen LogP contribution is -2.30. The number of nitrogens with one attached hydrogen (secondary N) is 2. The third kappa shape index (κ3) is 4.74. The highest BCUT2D eigenvalue weighted by Gasteiger charge is 2.24. The largest absolute Gasteiger partial charge is 0.389 e. The van der Waals surface area contributed by atoms with Gasteiger partial charge in [0.1, 0.15) is 5.69 Å². The Morgan fingerprint density at radius 1 is 1.37 bits per heavy atom. The molecule has 7 heteroatoms. The molecule has 3 rings (SSSR count). The Morgan fingerprint density at radius 3 is 2.81 bits per heavy atom. The van der Waals surface area contributed by atoms with Gasteiger partial charge in [0, 0.05) is 19.2 Å². The number of nitrogens with zero attached hydrogens (tertiary/aromatic N) is 2. The lowest BCUT2D eigenvalue weighted by atomic mass is 10.0. The number of aliphatic hydroxyl groups is 1. The number of β-amino-alcohol motifs (C(OH)–C–C–N with tert-alkyl or cyclic N) is 1. The summed E-state index contributed by atoms with van der Waals surface area (Å²) in [4.78, 5) is 24.2. The number of aryl methyl sites for hydroxylation is 1. The van der Waals surface area contributed by atoms with E-state index in [2.05, 4.69) is 53.8 Å². The molecule has 3 N–H and O–H groups in total. The maximum absolute atomic E-state index is 12.3. The molecule has 2 aromatic rings. The minimum absolute atomic E-state index is 0.182. The molecule has 144 valence electrons. The van der Waals surface area contributed by atoms with Crippen LogP contribution in [0.5, 0.6) is 0 Å². The van der Waals surface area contributed by atoms with Crippen LogP contribution in [0.4, 0.5) is 0 Å². The summed E-state index contributed by atoms with van der Waals surface area (Å²) in [5, 5.41) is 19.4. The highest BCUT2D eigenvalue weighted by molar-refractivity contribution is 5.98. The number of carbonyl (C=O) groups is 2. The first-order valence-corrected chi connectivity index (χ1v) is 9.35. The molecule has 1 atom stereocenters. The minimum atomic E-state index is -0.715. The first kappa shape index (κ1) is 19.1. The molecule has 2 amide bonds. The van der Waals surface area contributed by atoms with Gasteiger partial charge in [0.25, 0.3) is 11.8 Å². The van der Waals surface area contributed by atoms with E-state index < -0.39 is 6.10 Å². The highest BCUT2D eigenvalue weighted by atomic mass is 16.3. The third-order valence-electron chi connectivity index (χ3n) is 4.70. The van der Waals surface area contributed by atoms with E-state index in [1.807, 2.05) is 0 Å². The van der Waals surface area contributed by atoms with Crippen LogP contribution in [0, 0.1) is 0 Å². The Balaban J connectivity index is 1.50. The van der Waals surface area contributed by atoms with Gasteiger partial charge >= 0.3 is 0 Å². The van der Waals surface area contributed by atoms with Crippen LogP contribution in [-0.2, 0) is 13.0 Å². The van der Waals surface area contributed by atoms with Gasteiger partial charge < -0.3 is 15.7 Å². The fraction of sp³-hybridized carbons (Fsp3) is 0.450. The van der Waals surface area contributed by atoms with Gasteiger partial charge in [-0.15, -0.1) is 0 Å². The van der Waals surface area contributed by atoms with Crippen molar-refractivity contribution in [2.45, 2.75) is 45.3 Å². The Bertz CT molecular complexity index is 811. The van der Waals surface area contributed by atoms with E-state index in [0.717, 1.165) is 12.8 Å². The van der Waals surface area contributed by atoms with Crippen LogP contribution in [0.3, 0.4) is 0 Å². The molecule has 1 aromatic heterocycles. The first-order valence-electron chi connectivity index (χ1n) is 9.35. The maximum Gasteiger partial charge on any atom is 0.271 e. The normalized spacial score (nSPS) is 16.6. The van der Waals surface area contributed by atoms with Crippen LogP contribution in [-0.4, -0.2) is 45.9 Å². The summed E-state index contributed by atoms with van der Waals surface area (Å²) in [5.74, 6) is -0.123. The van der Waals surface area contributed by atoms with Gasteiger partial charge in [-0.3, -0.25) is 14.3 Å². The molecule has 0 radical (unpaired) electrons. The van der Waals surface area contributed by atoms with Crippen LogP contribution in [0.2, 0.25) is 0 Å². The minimum Gasteiger partial charge on any atom is -0.389 e. The average molecular weight is 370 g/mol. The van der Waals surface area contributed by atoms with Crippen molar-refractivity contribution in [3.8, 4) is 0 Å². The number of hydrogen-bond acceptors (Lipinski definition) is 4. The molecule has 0 saturated heterocycles. The number of aliphatic hydroxyl groups excluding tert-OH is 1. The molecule has 27 heavy (non-hydrogen) atoms. The molecule has 0 unspecified atom stereocenters. The van der Waals surface area contributed by atoms with Crippen molar-refractivity contribution < 1.29 is 14.7 Å². The maximum atomic E-state index is 12.3. The molecular weight excluding hydrogens is 344 g/mol. The second-order valence-electron chi connectivity index (χ2n) is 7.22. The summed E-state index contributed by atoms with van der Waals surface area (Å²) in [6.45, 7) is 5.24. The standard InChI is InChI=1S/C20H26N4O3/c1-13(2)15-7-5-14(6-8-15)4-3-9-21-19(26)17-10-18-20(27)22-11-16(25)12-24(18)23-17/h5-8,10,13,16,25H,3-4,9,11-12H2,1-2H3,(H,21,26)(H,22,27)/t16-/m1/s1.